The molecular weight excluding hydrogens is 218 g/mol. The lowest BCUT2D eigenvalue weighted by atomic mass is 9.91. The summed E-state index contributed by atoms with van der Waals surface area (Å²) in [6.45, 7) is 0. The van der Waals surface area contributed by atoms with Gasteiger partial charge in [-0.3, -0.25) is 4.79 Å². The van der Waals surface area contributed by atoms with Gasteiger partial charge in [-0.2, -0.15) is 0 Å². The molecule has 1 aromatic rings. The molecule has 0 radical (unpaired) electrons. The van der Waals surface area contributed by atoms with E-state index in [-0.39, 0.29) is 23.8 Å². The van der Waals surface area contributed by atoms with Crippen LogP contribution in [0, 0.1) is 0 Å². The van der Waals surface area contributed by atoms with E-state index in [9.17, 15) is 4.79 Å². The summed E-state index contributed by atoms with van der Waals surface area (Å²) in [5.74, 6) is -0.109. The summed E-state index contributed by atoms with van der Waals surface area (Å²) in [4.78, 5) is 19.6. The Labute approximate surface area is 99.8 Å². The van der Waals surface area contributed by atoms with Gasteiger partial charge in [-0.1, -0.05) is 0 Å². The molecule has 2 atom stereocenters. The average Bonchev–Trinajstić information content (AvgIpc) is 2.29. The molecule has 0 unspecified atom stereocenters. The molecule has 6 nitrogen and oxygen atoms in total. The van der Waals surface area contributed by atoms with Gasteiger partial charge < -0.3 is 16.8 Å². The van der Waals surface area contributed by atoms with Gasteiger partial charge >= 0.3 is 0 Å². The average molecular weight is 235 g/mol. The van der Waals surface area contributed by atoms with Crippen LogP contribution in [0.4, 0.5) is 5.69 Å². The number of hydrogen-bond acceptors (Lipinski definition) is 5. The molecule has 0 bridgehead atoms. The van der Waals surface area contributed by atoms with Crippen LogP contribution in [-0.4, -0.2) is 28.0 Å². The zero-order valence-electron chi connectivity index (χ0n) is 9.60. The SMILES string of the molecule is Nc1cnc(C(=O)N[C@H]2CCC[C@@H](N)C2)nc1. The number of hydrogen-bond donors (Lipinski definition) is 3. The van der Waals surface area contributed by atoms with Crippen molar-refractivity contribution < 1.29 is 4.79 Å². The van der Waals surface area contributed by atoms with Crippen LogP contribution in [0.1, 0.15) is 36.3 Å². The molecule has 6 heteroatoms. The third-order valence-electron chi connectivity index (χ3n) is 2.92. The smallest absolute Gasteiger partial charge is 0.289 e. The van der Waals surface area contributed by atoms with Gasteiger partial charge in [0, 0.05) is 12.1 Å². The summed E-state index contributed by atoms with van der Waals surface area (Å²) in [7, 11) is 0. The number of aromatic nitrogens is 2. The quantitative estimate of drug-likeness (QED) is 0.672. The third-order valence-corrected chi connectivity index (χ3v) is 2.92. The zero-order chi connectivity index (χ0) is 12.3. The van der Waals surface area contributed by atoms with Crippen molar-refractivity contribution in [3.63, 3.8) is 0 Å². The number of nitrogens with one attached hydrogen (secondary N) is 1. The summed E-state index contributed by atoms with van der Waals surface area (Å²) >= 11 is 0. The maximum absolute atomic E-state index is 11.8. The van der Waals surface area contributed by atoms with Gasteiger partial charge in [0.2, 0.25) is 5.82 Å². The second kappa shape index (κ2) is 5.09. The summed E-state index contributed by atoms with van der Waals surface area (Å²) in [5.41, 5.74) is 11.8. The molecule has 1 fully saturated rings. The molecule has 1 aliphatic rings. The van der Waals surface area contributed by atoms with Crippen molar-refractivity contribution in [1.29, 1.82) is 0 Å². The van der Waals surface area contributed by atoms with E-state index in [1.165, 1.54) is 12.4 Å². The van der Waals surface area contributed by atoms with Gasteiger partial charge in [0.15, 0.2) is 0 Å². The Kier molecular flexibility index (Phi) is 3.53. The van der Waals surface area contributed by atoms with Crippen molar-refractivity contribution in [2.75, 3.05) is 5.73 Å². The lowest BCUT2D eigenvalue weighted by Gasteiger charge is -2.26. The fraction of sp³-hybridized carbons (Fsp3) is 0.545. The third kappa shape index (κ3) is 3.13. The van der Waals surface area contributed by atoms with E-state index in [1.807, 2.05) is 0 Å². The number of anilines is 1. The lowest BCUT2D eigenvalue weighted by molar-refractivity contribution is 0.0915. The maximum Gasteiger partial charge on any atom is 0.289 e. The lowest BCUT2D eigenvalue weighted by Crippen LogP contribution is -2.42. The zero-order valence-corrected chi connectivity index (χ0v) is 9.60. The first-order valence-corrected chi connectivity index (χ1v) is 5.79. The predicted molar refractivity (Wildman–Crippen MR) is 64.1 cm³/mol. The molecule has 92 valence electrons. The highest BCUT2D eigenvalue weighted by molar-refractivity contribution is 5.90. The van der Waals surface area contributed by atoms with Crippen molar-refractivity contribution in [1.82, 2.24) is 15.3 Å². The van der Waals surface area contributed by atoms with Crippen molar-refractivity contribution in [2.24, 2.45) is 5.73 Å². The molecule has 0 spiro atoms. The Balaban J connectivity index is 1.94. The van der Waals surface area contributed by atoms with E-state index in [2.05, 4.69) is 15.3 Å². The molecular formula is C11H17N5O. The van der Waals surface area contributed by atoms with E-state index in [4.69, 9.17) is 11.5 Å². The molecule has 1 aliphatic carbocycles. The second-order valence-corrected chi connectivity index (χ2v) is 4.44. The number of nitrogens with zero attached hydrogens (tertiary/aromatic N) is 2. The number of amides is 1. The van der Waals surface area contributed by atoms with E-state index in [1.54, 1.807) is 0 Å². The van der Waals surface area contributed by atoms with E-state index in [0.29, 0.717) is 5.69 Å². The van der Waals surface area contributed by atoms with Crippen LogP contribution in [0.5, 0.6) is 0 Å². The van der Waals surface area contributed by atoms with Gasteiger partial charge in [-0.15, -0.1) is 0 Å². The van der Waals surface area contributed by atoms with Gasteiger partial charge in [0.25, 0.3) is 5.91 Å². The van der Waals surface area contributed by atoms with Crippen molar-refractivity contribution >= 4 is 11.6 Å². The van der Waals surface area contributed by atoms with Gasteiger partial charge in [-0.25, -0.2) is 9.97 Å². The highest BCUT2D eigenvalue weighted by atomic mass is 16.2. The van der Waals surface area contributed by atoms with Crippen LogP contribution < -0.4 is 16.8 Å². The molecule has 17 heavy (non-hydrogen) atoms. The Morgan fingerprint density at radius 1 is 1.35 bits per heavy atom. The van der Waals surface area contributed by atoms with Crippen molar-refractivity contribution in [2.45, 2.75) is 37.8 Å². The molecule has 0 aromatic carbocycles. The Hall–Kier alpha value is -1.69. The van der Waals surface area contributed by atoms with Gasteiger partial charge in [-0.05, 0) is 25.7 Å². The van der Waals surface area contributed by atoms with Crippen LogP contribution in [0.2, 0.25) is 0 Å². The Morgan fingerprint density at radius 2 is 2.06 bits per heavy atom. The molecule has 0 saturated heterocycles. The standard InChI is InChI=1S/C11H17N5O/c12-7-2-1-3-9(4-7)16-11(17)10-14-5-8(13)6-15-10/h5-7,9H,1-4,12-13H2,(H,16,17)/t7-,9+/m1/s1. The number of nitrogens with two attached hydrogens (primary N) is 2. The summed E-state index contributed by atoms with van der Waals surface area (Å²) < 4.78 is 0. The fourth-order valence-electron chi connectivity index (χ4n) is 2.06. The largest absolute Gasteiger partial charge is 0.396 e. The Morgan fingerprint density at radius 3 is 2.71 bits per heavy atom. The minimum absolute atomic E-state index is 0.132. The van der Waals surface area contributed by atoms with E-state index in [0.717, 1.165) is 25.7 Å². The minimum Gasteiger partial charge on any atom is -0.396 e. The first kappa shape index (κ1) is 11.8. The molecule has 0 aliphatic heterocycles. The van der Waals surface area contributed by atoms with Crippen LogP contribution in [0.15, 0.2) is 12.4 Å². The van der Waals surface area contributed by atoms with Crippen LogP contribution in [0.25, 0.3) is 0 Å². The number of nitrogen functional groups attached to an aromatic ring is 1. The van der Waals surface area contributed by atoms with Gasteiger partial charge in [0.1, 0.15) is 0 Å². The number of carbonyl (C=O) groups is 1. The van der Waals surface area contributed by atoms with Crippen molar-refractivity contribution in [3.05, 3.63) is 18.2 Å². The molecule has 1 heterocycles. The normalized spacial score (nSPS) is 24.3. The molecule has 1 saturated carbocycles. The second-order valence-electron chi connectivity index (χ2n) is 4.44. The molecule has 1 aromatic heterocycles. The number of carbonyl (C=O) groups excluding carboxylic acids is 1. The molecule has 1 amide bonds. The monoisotopic (exact) mass is 235 g/mol. The van der Waals surface area contributed by atoms with Crippen LogP contribution >= 0.6 is 0 Å². The maximum atomic E-state index is 11.8. The highest BCUT2D eigenvalue weighted by Gasteiger charge is 2.21. The summed E-state index contributed by atoms with van der Waals surface area (Å²) in [6, 6.07) is 0.314. The fourth-order valence-corrected chi connectivity index (χ4v) is 2.06. The predicted octanol–water partition coefficient (Wildman–Crippen LogP) is 0.0585. The van der Waals surface area contributed by atoms with E-state index < -0.39 is 0 Å². The minimum atomic E-state index is -0.260. The van der Waals surface area contributed by atoms with Crippen molar-refractivity contribution in [3.8, 4) is 0 Å². The summed E-state index contributed by atoms with van der Waals surface area (Å²) in [5, 5.41) is 2.90. The number of rotatable bonds is 2. The first-order chi connectivity index (χ1) is 8.15. The highest BCUT2D eigenvalue weighted by Crippen LogP contribution is 2.17. The molecule has 2 rings (SSSR count). The Bertz CT molecular complexity index is 391. The topological polar surface area (TPSA) is 107 Å². The summed E-state index contributed by atoms with van der Waals surface area (Å²) in [6.07, 6.45) is 6.72. The van der Waals surface area contributed by atoms with Gasteiger partial charge in [0.05, 0.1) is 18.1 Å². The molecule has 5 N–H and O–H groups in total. The van der Waals surface area contributed by atoms with E-state index >= 15 is 0 Å². The van der Waals surface area contributed by atoms with Crippen LogP contribution in [-0.2, 0) is 0 Å². The first-order valence-electron chi connectivity index (χ1n) is 5.79. The van der Waals surface area contributed by atoms with Crippen LogP contribution in [0.3, 0.4) is 0 Å².